The lowest BCUT2D eigenvalue weighted by Gasteiger charge is -2.15. The number of H-pyrrole nitrogens is 1. The van der Waals surface area contributed by atoms with E-state index in [-0.39, 0.29) is 5.52 Å². The molecular weight excluding hydrogens is 212 g/mol. The van der Waals surface area contributed by atoms with Crippen LogP contribution in [0.1, 0.15) is 19.7 Å². The number of aromatic nitrogens is 2. The number of hydrogen-bond acceptors (Lipinski definition) is 2. The van der Waals surface area contributed by atoms with Gasteiger partial charge in [-0.05, 0) is 19.9 Å². The smallest absolute Gasteiger partial charge is 0.153 e. The van der Waals surface area contributed by atoms with Gasteiger partial charge in [0.15, 0.2) is 5.82 Å². The number of rotatable bonds is 2. The van der Waals surface area contributed by atoms with Gasteiger partial charge in [0.25, 0.3) is 0 Å². The molecule has 2 rings (SSSR count). The van der Waals surface area contributed by atoms with E-state index in [0.717, 1.165) is 6.07 Å². The molecule has 0 aliphatic rings. The number of benzene rings is 1. The molecule has 1 aromatic heterocycles. The van der Waals surface area contributed by atoms with Crippen molar-refractivity contribution in [1.29, 1.82) is 0 Å². The van der Waals surface area contributed by atoms with Gasteiger partial charge in [0, 0.05) is 18.0 Å². The van der Waals surface area contributed by atoms with Crippen LogP contribution in [0.3, 0.4) is 0 Å². The van der Waals surface area contributed by atoms with Crippen molar-refractivity contribution in [1.82, 2.24) is 9.97 Å². The summed E-state index contributed by atoms with van der Waals surface area (Å²) in [4.78, 5) is 6.92. The minimum atomic E-state index is -0.660. The van der Waals surface area contributed by atoms with Crippen molar-refractivity contribution in [2.75, 3.05) is 0 Å². The minimum absolute atomic E-state index is 0.153. The van der Waals surface area contributed by atoms with E-state index in [1.54, 1.807) is 0 Å². The zero-order chi connectivity index (χ0) is 11.9. The third kappa shape index (κ3) is 2.19. The highest BCUT2D eigenvalue weighted by Crippen LogP contribution is 2.18. The number of hydrogen-bond donors (Lipinski definition) is 2. The summed E-state index contributed by atoms with van der Waals surface area (Å²) < 4.78 is 26.3. The van der Waals surface area contributed by atoms with Gasteiger partial charge in [-0.15, -0.1) is 0 Å². The molecule has 0 fully saturated rings. The molecule has 0 unspecified atom stereocenters. The normalized spacial score (nSPS) is 12.3. The molecule has 2 aromatic rings. The fourth-order valence-corrected chi connectivity index (χ4v) is 1.61. The molecule has 3 nitrogen and oxygen atoms in total. The van der Waals surface area contributed by atoms with Gasteiger partial charge >= 0.3 is 0 Å². The third-order valence-corrected chi connectivity index (χ3v) is 2.18. The van der Waals surface area contributed by atoms with Gasteiger partial charge in [0.2, 0.25) is 0 Å². The van der Waals surface area contributed by atoms with E-state index in [4.69, 9.17) is 5.73 Å². The highest BCUT2D eigenvalue weighted by Gasteiger charge is 2.16. The second-order valence-electron chi connectivity index (χ2n) is 4.63. The highest BCUT2D eigenvalue weighted by molar-refractivity contribution is 5.75. The van der Waals surface area contributed by atoms with Crippen LogP contribution < -0.4 is 5.73 Å². The van der Waals surface area contributed by atoms with Gasteiger partial charge in [-0.25, -0.2) is 13.8 Å². The summed E-state index contributed by atoms with van der Waals surface area (Å²) >= 11 is 0. The Morgan fingerprint density at radius 2 is 2.06 bits per heavy atom. The van der Waals surface area contributed by atoms with E-state index in [9.17, 15) is 8.78 Å². The number of fused-ring (bicyclic) bond motifs is 1. The molecule has 0 bridgehead atoms. The van der Waals surface area contributed by atoms with Crippen LogP contribution in [0.4, 0.5) is 8.78 Å². The van der Waals surface area contributed by atoms with E-state index in [0.29, 0.717) is 17.8 Å². The lowest BCUT2D eigenvalue weighted by atomic mass is 10.0. The molecule has 86 valence electrons. The second-order valence-corrected chi connectivity index (χ2v) is 4.63. The Bertz CT molecular complexity index is 526. The first-order valence-electron chi connectivity index (χ1n) is 4.98. The first-order chi connectivity index (χ1) is 7.35. The predicted octanol–water partition coefficient (Wildman–Crippen LogP) is 2.12. The topological polar surface area (TPSA) is 54.7 Å². The van der Waals surface area contributed by atoms with Crippen molar-refractivity contribution >= 4 is 11.0 Å². The van der Waals surface area contributed by atoms with E-state index in [1.165, 1.54) is 6.07 Å². The van der Waals surface area contributed by atoms with Crippen molar-refractivity contribution in [3.63, 3.8) is 0 Å². The van der Waals surface area contributed by atoms with Crippen molar-refractivity contribution < 1.29 is 8.78 Å². The standard InChI is InChI=1S/C11H13F2N3/c1-11(2,14)5-9-15-8-4-6(12)3-7(13)10(8)16-9/h3-4H,5,14H2,1-2H3,(H,15,16). The summed E-state index contributed by atoms with van der Waals surface area (Å²) in [6.07, 6.45) is 0.475. The molecule has 0 spiro atoms. The zero-order valence-electron chi connectivity index (χ0n) is 9.14. The van der Waals surface area contributed by atoms with E-state index in [1.807, 2.05) is 13.8 Å². The summed E-state index contributed by atoms with van der Waals surface area (Å²) in [7, 11) is 0. The predicted molar refractivity (Wildman–Crippen MR) is 58.0 cm³/mol. The maximum absolute atomic E-state index is 13.3. The molecule has 0 aliphatic carbocycles. The Labute approximate surface area is 91.7 Å². The SMILES string of the molecule is CC(C)(N)Cc1nc2c(F)cc(F)cc2[nH]1. The summed E-state index contributed by atoms with van der Waals surface area (Å²) in [6.45, 7) is 3.69. The number of aromatic amines is 1. The molecule has 3 N–H and O–H groups in total. The molecule has 0 aliphatic heterocycles. The second kappa shape index (κ2) is 3.52. The Morgan fingerprint density at radius 3 is 2.69 bits per heavy atom. The van der Waals surface area contributed by atoms with Crippen LogP contribution in [0.5, 0.6) is 0 Å². The van der Waals surface area contributed by atoms with Crippen LogP contribution in [0.25, 0.3) is 11.0 Å². The van der Waals surface area contributed by atoms with Crippen molar-refractivity contribution in [3.05, 3.63) is 29.6 Å². The molecule has 0 atom stereocenters. The van der Waals surface area contributed by atoms with Gasteiger partial charge in [0.05, 0.1) is 5.52 Å². The van der Waals surface area contributed by atoms with Gasteiger partial charge in [-0.2, -0.15) is 0 Å². The first kappa shape index (κ1) is 11.0. The Balaban J connectivity index is 2.48. The van der Waals surface area contributed by atoms with Crippen LogP contribution in [-0.2, 0) is 6.42 Å². The van der Waals surface area contributed by atoms with Crippen molar-refractivity contribution in [3.8, 4) is 0 Å². The molecule has 5 heteroatoms. The fraction of sp³-hybridized carbons (Fsp3) is 0.364. The van der Waals surface area contributed by atoms with Crippen molar-refractivity contribution in [2.24, 2.45) is 5.73 Å². The molecule has 0 saturated heterocycles. The third-order valence-electron chi connectivity index (χ3n) is 2.18. The largest absolute Gasteiger partial charge is 0.342 e. The van der Waals surface area contributed by atoms with E-state index >= 15 is 0 Å². The van der Waals surface area contributed by atoms with Crippen LogP contribution >= 0.6 is 0 Å². The summed E-state index contributed by atoms with van der Waals surface area (Å²) in [6, 6.07) is 2.04. The molecule has 1 heterocycles. The fourth-order valence-electron chi connectivity index (χ4n) is 1.61. The molecule has 16 heavy (non-hydrogen) atoms. The number of nitrogens with two attached hydrogens (primary N) is 1. The summed E-state index contributed by atoms with van der Waals surface area (Å²) in [5.41, 5.74) is 5.90. The summed E-state index contributed by atoms with van der Waals surface area (Å²) in [5, 5.41) is 0. The van der Waals surface area contributed by atoms with Crippen LogP contribution in [0.2, 0.25) is 0 Å². The average Bonchev–Trinajstić information content (AvgIpc) is 2.43. The van der Waals surface area contributed by atoms with Gasteiger partial charge in [-0.1, -0.05) is 0 Å². The Kier molecular flexibility index (Phi) is 2.42. The lowest BCUT2D eigenvalue weighted by Crippen LogP contribution is -2.34. The quantitative estimate of drug-likeness (QED) is 0.822. The molecule has 0 radical (unpaired) electrons. The lowest BCUT2D eigenvalue weighted by molar-refractivity contribution is 0.505. The summed E-state index contributed by atoms with van der Waals surface area (Å²) in [5.74, 6) is -0.716. The monoisotopic (exact) mass is 225 g/mol. The van der Waals surface area contributed by atoms with Crippen LogP contribution in [0, 0.1) is 11.6 Å². The maximum atomic E-state index is 13.3. The van der Waals surface area contributed by atoms with Gasteiger partial charge in [-0.3, -0.25) is 0 Å². The highest BCUT2D eigenvalue weighted by atomic mass is 19.1. The zero-order valence-corrected chi connectivity index (χ0v) is 9.14. The first-order valence-corrected chi connectivity index (χ1v) is 4.98. The number of nitrogens with zero attached hydrogens (tertiary/aromatic N) is 1. The molecular formula is C11H13F2N3. The van der Waals surface area contributed by atoms with E-state index < -0.39 is 17.2 Å². The van der Waals surface area contributed by atoms with Crippen LogP contribution in [0.15, 0.2) is 12.1 Å². The Morgan fingerprint density at radius 1 is 1.38 bits per heavy atom. The number of imidazole rings is 1. The van der Waals surface area contributed by atoms with E-state index in [2.05, 4.69) is 9.97 Å². The molecule has 0 amide bonds. The average molecular weight is 225 g/mol. The van der Waals surface area contributed by atoms with Crippen molar-refractivity contribution in [2.45, 2.75) is 25.8 Å². The maximum Gasteiger partial charge on any atom is 0.153 e. The van der Waals surface area contributed by atoms with Gasteiger partial charge in [0.1, 0.15) is 17.2 Å². The molecule has 1 aromatic carbocycles. The minimum Gasteiger partial charge on any atom is -0.342 e. The van der Waals surface area contributed by atoms with Crippen LogP contribution in [-0.4, -0.2) is 15.5 Å². The number of nitrogens with one attached hydrogen (secondary N) is 1. The van der Waals surface area contributed by atoms with Gasteiger partial charge < -0.3 is 10.7 Å². The molecule has 0 saturated carbocycles. The Hall–Kier alpha value is -1.49. The number of halogens is 2.